The summed E-state index contributed by atoms with van der Waals surface area (Å²) in [5.74, 6) is 3.48. The second-order valence-corrected chi connectivity index (χ2v) is 6.17. The first kappa shape index (κ1) is 19.0. The van der Waals surface area contributed by atoms with Gasteiger partial charge in [0.15, 0.2) is 11.5 Å². The number of anilines is 1. The van der Waals surface area contributed by atoms with Gasteiger partial charge >= 0.3 is 0 Å². The van der Waals surface area contributed by atoms with Gasteiger partial charge in [0.05, 0.1) is 12.1 Å². The number of hydrogen-bond donors (Lipinski definition) is 1. The number of nitrogens with one attached hydrogen (secondary N) is 1. The molecule has 4 nitrogen and oxygen atoms in total. The molecular weight excluding hydrogens is 336 g/mol. The number of nitrogens with zero attached hydrogens (tertiary/aromatic N) is 1. The Morgan fingerprint density at radius 2 is 1.80 bits per heavy atom. The zero-order valence-electron chi connectivity index (χ0n) is 14.8. The van der Waals surface area contributed by atoms with Crippen LogP contribution >= 0.6 is 11.6 Å². The molecule has 0 bridgehead atoms. The lowest BCUT2D eigenvalue weighted by molar-refractivity contribution is 0.331. The summed E-state index contributed by atoms with van der Waals surface area (Å²) in [5.41, 5.74) is 3.42. The van der Waals surface area contributed by atoms with Gasteiger partial charge in [0, 0.05) is 32.9 Å². The Hall–Kier alpha value is -2.35. The fourth-order valence-corrected chi connectivity index (χ4v) is 2.68. The predicted molar refractivity (Wildman–Crippen MR) is 104 cm³/mol. The molecule has 132 valence electrons. The van der Waals surface area contributed by atoms with E-state index in [0.717, 1.165) is 12.1 Å². The van der Waals surface area contributed by atoms with Gasteiger partial charge in [-0.15, -0.1) is 6.42 Å². The van der Waals surface area contributed by atoms with Crippen molar-refractivity contribution < 1.29 is 9.47 Å². The maximum Gasteiger partial charge on any atom is 0.181 e. The number of rotatable bonds is 8. The van der Waals surface area contributed by atoms with Crippen LogP contribution < -0.4 is 19.7 Å². The highest BCUT2D eigenvalue weighted by atomic mass is 35.5. The van der Waals surface area contributed by atoms with E-state index in [1.807, 2.05) is 26.2 Å². The minimum atomic E-state index is 0.149. The normalized spacial score (nSPS) is 10.2. The molecule has 0 amide bonds. The maximum absolute atomic E-state index is 6.29. The van der Waals surface area contributed by atoms with Crippen LogP contribution in [0.1, 0.15) is 11.1 Å². The maximum atomic E-state index is 6.29. The van der Waals surface area contributed by atoms with Gasteiger partial charge in [-0.05, 0) is 35.4 Å². The summed E-state index contributed by atoms with van der Waals surface area (Å²) in [6.07, 6.45) is 5.22. The molecule has 0 saturated heterocycles. The summed E-state index contributed by atoms with van der Waals surface area (Å²) in [6.45, 7) is 1.58. The van der Waals surface area contributed by atoms with Crippen LogP contribution in [0.5, 0.6) is 11.5 Å². The Bertz CT molecular complexity index is 737. The predicted octanol–water partition coefficient (Wildman–Crippen LogP) is 3.72. The molecule has 0 spiro atoms. The number of terminal acetylenes is 1. The Morgan fingerprint density at radius 1 is 1.12 bits per heavy atom. The smallest absolute Gasteiger partial charge is 0.181 e. The first-order valence-corrected chi connectivity index (χ1v) is 8.32. The molecule has 0 saturated carbocycles. The Morgan fingerprint density at radius 3 is 2.40 bits per heavy atom. The second kappa shape index (κ2) is 9.22. The van der Waals surface area contributed by atoms with Gasteiger partial charge < -0.3 is 19.7 Å². The van der Waals surface area contributed by atoms with E-state index >= 15 is 0 Å². The van der Waals surface area contributed by atoms with Crippen molar-refractivity contribution in [2.75, 3.05) is 32.7 Å². The fourth-order valence-electron chi connectivity index (χ4n) is 2.39. The van der Waals surface area contributed by atoms with E-state index in [2.05, 4.69) is 40.4 Å². The van der Waals surface area contributed by atoms with Crippen LogP contribution in [0, 0.1) is 12.3 Å². The van der Waals surface area contributed by atoms with Crippen LogP contribution in [-0.2, 0) is 13.1 Å². The lowest BCUT2D eigenvalue weighted by Crippen LogP contribution is -2.13. The fraction of sp³-hybridized carbons (Fsp3) is 0.300. The van der Waals surface area contributed by atoms with Crippen molar-refractivity contribution in [2.24, 2.45) is 0 Å². The minimum Gasteiger partial charge on any atom is -0.493 e. The highest BCUT2D eigenvalue weighted by Crippen LogP contribution is 2.36. The zero-order valence-corrected chi connectivity index (χ0v) is 15.6. The summed E-state index contributed by atoms with van der Waals surface area (Å²) in [7, 11) is 5.64. The Balaban J connectivity index is 1.98. The van der Waals surface area contributed by atoms with E-state index in [4.69, 9.17) is 27.5 Å². The molecule has 0 atom stereocenters. The summed E-state index contributed by atoms with van der Waals surface area (Å²) < 4.78 is 10.8. The third-order valence-corrected chi connectivity index (χ3v) is 3.98. The van der Waals surface area contributed by atoms with Gasteiger partial charge in [-0.25, -0.2) is 0 Å². The van der Waals surface area contributed by atoms with Gasteiger partial charge in [0.2, 0.25) is 0 Å². The molecule has 0 aliphatic carbocycles. The largest absolute Gasteiger partial charge is 0.493 e. The molecule has 0 aromatic heterocycles. The zero-order chi connectivity index (χ0) is 18.2. The van der Waals surface area contributed by atoms with Crippen LogP contribution in [-0.4, -0.2) is 27.8 Å². The lowest BCUT2D eigenvalue weighted by atomic mass is 10.1. The lowest BCUT2D eigenvalue weighted by Gasteiger charge is -2.14. The third-order valence-electron chi connectivity index (χ3n) is 3.70. The van der Waals surface area contributed by atoms with Crippen molar-refractivity contribution in [3.05, 3.63) is 52.5 Å². The molecular formula is C20H23ClN2O2. The van der Waals surface area contributed by atoms with Crippen LogP contribution in [0.3, 0.4) is 0 Å². The monoisotopic (exact) mass is 358 g/mol. The second-order valence-electron chi connectivity index (χ2n) is 5.77. The van der Waals surface area contributed by atoms with E-state index in [9.17, 15) is 0 Å². The van der Waals surface area contributed by atoms with Crippen LogP contribution in [0.15, 0.2) is 36.4 Å². The summed E-state index contributed by atoms with van der Waals surface area (Å²) >= 11 is 6.29. The Labute approximate surface area is 154 Å². The first-order chi connectivity index (χ1) is 12.0. The standard InChI is InChI=1S/C20H23ClN2O2/c1-5-10-25-20-18(21)11-16(12-19(20)24-4)14-22-13-15-6-8-17(9-7-15)23(2)3/h1,6-9,11-12,22H,10,13-14H2,2-4H3. The van der Waals surface area contributed by atoms with E-state index < -0.39 is 0 Å². The molecule has 0 aliphatic rings. The minimum absolute atomic E-state index is 0.149. The van der Waals surface area contributed by atoms with Gasteiger partial charge in [-0.1, -0.05) is 29.7 Å². The summed E-state index contributed by atoms with van der Waals surface area (Å²) in [6, 6.07) is 12.2. The van der Waals surface area contributed by atoms with Gasteiger partial charge in [-0.2, -0.15) is 0 Å². The van der Waals surface area contributed by atoms with Gasteiger partial charge in [0.25, 0.3) is 0 Å². The first-order valence-electron chi connectivity index (χ1n) is 7.94. The van der Waals surface area contributed by atoms with Crippen molar-refractivity contribution in [2.45, 2.75) is 13.1 Å². The van der Waals surface area contributed by atoms with E-state index in [-0.39, 0.29) is 6.61 Å². The molecule has 2 rings (SSSR count). The van der Waals surface area contributed by atoms with Crippen molar-refractivity contribution >= 4 is 17.3 Å². The third kappa shape index (κ3) is 5.32. The van der Waals surface area contributed by atoms with Crippen LogP contribution in [0.25, 0.3) is 0 Å². The van der Waals surface area contributed by atoms with E-state index in [1.54, 1.807) is 7.11 Å². The number of ether oxygens (including phenoxy) is 2. The van der Waals surface area contributed by atoms with Gasteiger partial charge in [-0.3, -0.25) is 0 Å². The molecule has 1 N–H and O–H groups in total. The quantitative estimate of drug-likeness (QED) is 0.729. The highest BCUT2D eigenvalue weighted by molar-refractivity contribution is 6.32. The Kier molecular flexibility index (Phi) is 7.00. The van der Waals surface area contributed by atoms with E-state index in [1.165, 1.54) is 11.3 Å². The molecule has 0 aliphatic heterocycles. The van der Waals surface area contributed by atoms with Crippen LogP contribution in [0.2, 0.25) is 5.02 Å². The topological polar surface area (TPSA) is 33.7 Å². The molecule has 0 unspecified atom stereocenters. The molecule has 25 heavy (non-hydrogen) atoms. The number of methoxy groups -OCH3 is 1. The molecule has 0 fully saturated rings. The molecule has 0 heterocycles. The van der Waals surface area contributed by atoms with E-state index in [0.29, 0.717) is 23.1 Å². The number of benzene rings is 2. The summed E-state index contributed by atoms with van der Waals surface area (Å²) in [5, 5.41) is 3.89. The van der Waals surface area contributed by atoms with Crippen molar-refractivity contribution in [3.63, 3.8) is 0 Å². The van der Waals surface area contributed by atoms with Crippen LogP contribution in [0.4, 0.5) is 5.69 Å². The van der Waals surface area contributed by atoms with Crippen molar-refractivity contribution in [1.82, 2.24) is 5.32 Å². The average molecular weight is 359 g/mol. The van der Waals surface area contributed by atoms with Crippen molar-refractivity contribution in [3.8, 4) is 23.8 Å². The van der Waals surface area contributed by atoms with Gasteiger partial charge in [0.1, 0.15) is 6.61 Å². The average Bonchev–Trinajstić information content (AvgIpc) is 2.61. The summed E-state index contributed by atoms with van der Waals surface area (Å²) in [4.78, 5) is 2.08. The molecule has 5 heteroatoms. The van der Waals surface area contributed by atoms with Crippen molar-refractivity contribution in [1.29, 1.82) is 0 Å². The highest BCUT2D eigenvalue weighted by Gasteiger charge is 2.11. The number of halogens is 1. The SMILES string of the molecule is C#CCOc1c(Cl)cc(CNCc2ccc(N(C)C)cc2)cc1OC. The number of hydrogen-bond acceptors (Lipinski definition) is 4. The molecule has 0 radical (unpaired) electrons. The molecule has 2 aromatic rings. The molecule has 2 aromatic carbocycles.